The third-order valence-corrected chi connectivity index (χ3v) is 4.08. The normalized spacial score (nSPS) is 15.7. The maximum atomic E-state index is 4.29. The molecule has 3 heteroatoms. The molecule has 1 aromatic carbocycles. The summed E-state index contributed by atoms with van der Waals surface area (Å²) in [5, 5.41) is 3.52. The van der Waals surface area contributed by atoms with Crippen LogP contribution in [0.3, 0.4) is 0 Å². The highest BCUT2D eigenvalue weighted by molar-refractivity contribution is 5.35. The van der Waals surface area contributed by atoms with E-state index in [1.54, 1.807) is 23.5 Å². The zero-order valence-corrected chi connectivity index (χ0v) is 12.0. The molecule has 0 saturated carbocycles. The molecule has 0 amide bonds. The van der Waals surface area contributed by atoms with E-state index in [0.29, 0.717) is 6.04 Å². The minimum Gasteiger partial charge on any atom is -0.305 e. The molecule has 0 radical (unpaired) electrons. The first-order valence-corrected chi connectivity index (χ1v) is 7.43. The third-order valence-electron chi connectivity index (χ3n) is 4.08. The van der Waals surface area contributed by atoms with Gasteiger partial charge < -0.3 is 5.32 Å². The van der Waals surface area contributed by atoms with Gasteiger partial charge in [-0.15, -0.1) is 0 Å². The molecule has 1 aliphatic carbocycles. The summed E-state index contributed by atoms with van der Waals surface area (Å²) in [7, 11) is 0. The average molecular weight is 267 g/mol. The van der Waals surface area contributed by atoms with E-state index in [1.807, 2.05) is 6.20 Å². The number of hydrogen-bond donors (Lipinski definition) is 1. The summed E-state index contributed by atoms with van der Waals surface area (Å²) in [6.45, 7) is 2.97. The molecule has 1 N–H and O–H groups in total. The van der Waals surface area contributed by atoms with Crippen molar-refractivity contribution in [2.45, 2.75) is 45.2 Å². The molecule has 0 spiro atoms. The Morgan fingerprint density at radius 2 is 2.00 bits per heavy atom. The summed E-state index contributed by atoms with van der Waals surface area (Å²) in [6.07, 6.45) is 10.4. The average Bonchev–Trinajstić information content (AvgIpc) is 2.53. The van der Waals surface area contributed by atoms with Crippen molar-refractivity contribution in [1.29, 1.82) is 0 Å². The van der Waals surface area contributed by atoms with Crippen LogP contribution < -0.4 is 5.32 Å². The number of nitrogens with zero attached hydrogens (tertiary/aromatic N) is 2. The second-order valence-electron chi connectivity index (χ2n) is 5.53. The molecule has 2 aromatic rings. The molecule has 1 aromatic heterocycles. The van der Waals surface area contributed by atoms with Gasteiger partial charge in [0.1, 0.15) is 0 Å². The van der Waals surface area contributed by atoms with Crippen LogP contribution in [0.5, 0.6) is 0 Å². The van der Waals surface area contributed by atoms with E-state index < -0.39 is 0 Å². The quantitative estimate of drug-likeness (QED) is 0.924. The van der Waals surface area contributed by atoms with Gasteiger partial charge in [0.05, 0.1) is 5.69 Å². The number of nitrogens with one attached hydrogen (secondary N) is 1. The first-order chi connectivity index (χ1) is 9.83. The van der Waals surface area contributed by atoms with Crippen LogP contribution in [0.15, 0.2) is 36.8 Å². The predicted octanol–water partition coefficient (Wildman–Crippen LogP) is 3.21. The summed E-state index contributed by atoms with van der Waals surface area (Å²) in [5.74, 6) is 0. The zero-order chi connectivity index (χ0) is 13.8. The van der Waals surface area contributed by atoms with Crippen LogP contribution in [0.4, 0.5) is 0 Å². The van der Waals surface area contributed by atoms with Gasteiger partial charge >= 0.3 is 0 Å². The summed E-state index contributed by atoms with van der Waals surface area (Å²) >= 11 is 0. The number of aromatic nitrogens is 2. The van der Waals surface area contributed by atoms with Crippen molar-refractivity contribution < 1.29 is 0 Å². The van der Waals surface area contributed by atoms with Crippen LogP contribution in [-0.2, 0) is 19.4 Å². The Morgan fingerprint density at radius 1 is 1.15 bits per heavy atom. The molecule has 1 atom stereocenters. The van der Waals surface area contributed by atoms with Crippen LogP contribution in [0.25, 0.3) is 0 Å². The van der Waals surface area contributed by atoms with Crippen molar-refractivity contribution in [3.8, 4) is 0 Å². The third kappa shape index (κ3) is 3.05. The van der Waals surface area contributed by atoms with Crippen LogP contribution in [0.2, 0.25) is 0 Å². The van der Waals surface area contributed by atoms with Crippen molar-refractivity contribution >= 4 is 0 Å². The van der Waals surface area contributed by atoms with Gasteiger partial charge in [-0.1, -0.05) is 18.2 Å². The van der Waals surface area contributed by atoms with Gasteiger partial charge in [0.15, 0.2) is 0 Å². The molecule has 104 valence electrons. The predicted molar refractivity (Wildman–Crippen MR) is 80.4 cm³/mol. The number of hydrogen-bond acceptors (Lipinski definition) is 3. The number of fused-ring (bicyclic) bond motifs is 1. The fourth-order valence-electron chi connectivity index (χ4n) is 2.82. The lowest BCUT2D eigenvalue weighted by molar-refractivity contribution is 0.564. The maximum Gasteiger partial charge on any atom is 0.0724 e. The van der Waals surface area contributed by atoms with Gasteiger partial charge in [0, 0.05) is 31.2 Å². The molecule has 1 unspecified atom stereocenters. The molecule has 3 rings (SSSR count). The molecule has 1 aliphatic rings. The summed E-state index contributed by atoms with van der Waals surface area (Å²) in [4.78, 5) is 8.38. The zero-order valence-electron chi connectivity index (χ0n) is 12.0. The smallest absolute Gasteiger partial charge is 0.0724 e. The molecular weight excluding hydrogens is 246 g/mol. The van der Waals surface area contributed by atoms with E-state index in [1.165, 1.54) is 31.2 Å². The highest BCUT2D eigenvalue weighted by atomic mass is 14.9. The van der Waals surface area contributed by atoms with Crippen molar-refractivity contribution in [3.63, 3.8) is 0 Å². The van der Waals surface area contributed by atoms with Gasteiger partial charge in [0.25, 0.3) is 0 Å². The summed E-state index contributed by atoms with van der Waals surface area (Å²) in [6, 6.07) is 7.29. The van der Waals surface area contributed by atoms with E-state index in [4.69, 9.17) is 0 Å². The van der Waals surface area contributed by atoms with Gasteiger partial charge in [-0.3, -0.25) is 9.97 Å². The Balaban J connectivity index is 1.66. The number of aryl methyl sites for hydroxylation is 2. The van der Waals surface area contributed by atoms with Gasteiger partial charge in [0.2, 0.25) is 0 Å². The standard InChI is InChI=1S/C17H21N3/c1-13(20-12-17-11-18-8-9-19-17)15-7-6-14-4-2-3-5-16(14)10-15/h6-11,13,20H,2-5,12H2,1H3. The minimum atomic E-state index is 0.337. The first kappa shape index (κ1) is 13.3. The summed E-state index contributed by atoms with van der Waals surface area (Å²) < 4.78 is 0. The highest BCUT2D eigenvalue weighted by Gasteiger charge is 2.12. The van der Waals surface area contributed by atoms with E-state index in [2.05, 4.69) is 40.4 Å². The van der Waals surface area contributed by atoms with E-state index in [9.17, 15) is 0 Å². The van der Waals surface area contributed by atoms with Crippen LogP contribution >= 0.6 is 0 Å². The van der Waals surface area contributed by atoms with Gasteiger partial charge in [-0.05, 0) is 49.3 Å². The van der Waals surface area contributed by atoms with E-state index >= 15 is 0 Å². The Morgan fingerprint density at radius 3 is 2.80 bits per heavy atom. The molecular formula is C17H21N3. The second kappa shape index (κ2) is 6.14. The lowest BCUT2D eigenvalue weighted by Crippen LogP contribution is -2.19. The molecule has 0 fully saturated rings. The van der Waals surface area contributed by atoms with Gasteiger partial charge in [-0.2, -0.15) is 0 Å². The van der Waals surface area contributed by atoms with Crippen LogP contribution in [-0.4, -0.2) is 9.97 Å². The Labute approximate surface area is 120 Å². The monoisotopic (exact) mass is 267 g/mol. The second-order valence-corrected chi connectivity index (χ2v) is 5.53. The van der Waals surface area contributed by atoms with Crippen LogP contribution in [0, 0.1) is 0 Å². The molecule has 20 heavy (non-hydrogen) atoms. The Hall–Kier alpha value is -1.74. The molecule has 0 aliphatic heterocycles. The lowest BCUT2D eigenvalue weighted by atomic mass is 9.89. The van der Waals surface area contributed by atoms with Crippen molar-refractivity contribution in [3.05, 3.63) is 59.2 Å². The highest BCUT2D eigenvalue weighted by Crippen LogP contribution is 2.24. The SMILES string of the molecule is CC(NCc1cnccn1)c1ccc2c(c1)CCCC2. The molecule has 3 nitrogen and oxygen atoms in total. The fourth-order valence-corrected chi connectivity index (χ4v) is 2.82. The van der Waals surface area contributed by atoms with Crippen LogP contribution in [0.1, 0.15) is 48.2 Å². The first-order valence-electron chi connectivity index (χ1n) is 7.43. The lowest BCUT2D eigenvalue weighted by Gasteiger charge is -2.20. The largest absolute Gasteiger partial charge is 0.305 e. The maximum absolute atomic E-state index is 4.29. The fraction of sp³-hybridized carbons (Fsp3) is 0.412. The minimum absolute atomic E-state index is 0.337. The molecule has 1 heterocycles. The molecule has 0 bridgehead atoms. The van der Waals surface area contributed by atoms with Crippen molar-refractivity contribution in [2.75, 3.05) is 0 Å². The van der Waals surface area contributed by atoms with Crippen molar-refractivity contribution in [1.82, 2.24) is 15.3 Å². The summed E-state index contributed by atoms with van der Waals surface area (Å²) in [5.41, 5.74) is 5.44. The topological polar surface area (TPSA) is 37.8 Å². The Kier molecular flexibility index (Phi) is 4.07. The van der Waals surface area contributed by atoms with Gasteiger partial charge in [-0.25, -0.2) is 0 Å². The molecule has 0 saturated heterocycles. The number of rotatable bonds is 4. The Bertz CT molecular complexity index is 566. The van der Waals surface area contributed by atoms with E-state index in [0.717, 1.165) is 12.2 Å². The van der Waals surface area contributed by atoms with Crippen molar-refractivity contribution in [2.24, 2.45) is 0 Å². The number of benzene rings is 1. The van der Waals surface area contributed by atoms with E-state index in [-0.39, 0.29) is 0 Å².